The molecule has 0 spiro atoms. The highest BCUT2D eigenvalue weighted by Gasteiger charge is 2.13. The summed E-state index contributed by atoms with van der Waals surface area (Å²) in [6.07, 6.45) is 7.51. The van der Waals surface area contributed by atoms with Gasteiger partial charge in [0.15, 0.2) is 5.82 Å². The lowest BCUT2D eigenvalue weighted by Crippen LogP contribution is -2.23. The number of aryl methyl sites for hydroxylation is 1. The van der Waals surface area contributed by atoms with Crippen LogP contribution in [0.4, 0.5) is 0 Å². The number of pyridine rings is 1. The van der Waals surface area contributed by atoms with Crippen LogP contribution in [0.5, 0.6) is 5.75 Å². The number of hydrogen-bond acceptors (Lipinski definition) is 7. The third kappa shape index (κ3) is 5.62. The second kappa shape index (κ2) is 10.5. The molecule has 4 aromatic rings. The third-order valence-electron chi connectivity index (χ3n) is 4.86. The predicted molar refractivity (Wildman–Crippen MR) is 122 cm³/mol. The molecule has 0 bridgehead atoms. The van der Waals surface area contributed by atoms with Crippen molar-refractivity contribution in [2.45, 2.75) is 39.7 Å². The molecule has 0 saturated carbocycles. The fraction of sp³-hybridized carbons (Fsp3) is 0.292. The van der Waals surface area contributed by atoms with Crippen LogP contribution in [0.3, 0.4) is 0 Å². The molecule has 0 fully saturated rings. The Hall–Kier alpha value is -4.01. The van der Waals surface area contributed by atoms with Crippen LogP contribution in [-0.2, 0) is 13.0 Å². The highest BCUT2D eigenvalue weighted by molar-refractivity contribution is 5.92. The number of ether oxygens (including phenoxy) is 1. The van der Waals surface area contributed by atoms with Gasteiger partial charge in [-0.25, -0.2) is 9.97 Å². The molecule has 0 radical (unpaired) electrons. The van der Waals surface area contributed by atoms with Crippen molar-refractivity contribution in [2.24, 2.45) is 0 Å². The topological polar surface area (TPSA) is 108 Å². The minimum atomic E-state index is -0.266. The number of imidazole rings is 1. The summed E-state index contributed by atoms with van der Waals surface area (Å²) in [5, 5.41) is 6.88. The van der Waals surface area contributed by atoms with Crippen molar-refractivity contribution in [1.82, 2.24) is 30.0 Å². The maximum atomic E-state index is 12.6. The average Bonchev–Trinajstić information content (AvgIpc) is 3.53. The highest BCUT2D eigenvalue weighted by atomic mass is 16.5. The van der Waals surface area contributed by atoms with E-state index < -0.39 is 0 Å². The van der Waals surface area contributed by atoms with E-state index in [1.165, 1.54) is 0 Å². The van der Waals surface area contributed by atoms with Crippen molar-refractivity contribution in [3.8, 4) is 23.0 Å². The van der Waals surface area contributed by atoms with Gasteiger partial charge in [-0.3, -0.25) is 9.36 Å². The number of nitrogens with zero attached hydrogens (tertiary/aromatic N) is 5. The normalized spacial score (nSPS) is 10.8. The van der Waals surface area contributed by atoms with Crippen LogP contribution < -0.4 is 10.1 Å². The van der Waals surface area contributed by atoms with Gasteiger partial charge in [-0.1, -0.05) is 31.1 Å². The predicted octanol–water partition coefficient (Wildman–Crippen LogP) is 3.99. The summed E-state index contributed by atoms with van der Waals surface area (Å²) in [6.45, 7) is 5.21. The Morgan fingerprint density at radius 3 is 2.76 bits per heavy atom. The van der Waals surface area contributed by atoms with Gasteiger partial charge in [-0.2, -0.15) is 4.98 Å². The van der Waals surface area contributed by atoms with Gasteiger partial charge < -0.3 is 14.6 Å². The second-order valence-corrected chi connectivity index (χ2v) is 7.51. The zero-order chi connectivity index (χ0) is 23.0. The number of carbonyl (C=O) groups excluding carboxylic acids is 1. The number of carbonyl (C=O) groups is 1. The second-order valence-electron chi connectivity index (χ2n) is 7.51. The number of nitrogens with one attached hydrogen (secondary N) is 1. The lowest BCUT2D eigenvalue weighted by atomic mass is 10.2. The lowest BCUT2D eigenvalue weighted by Gasteiger charge is -2.07. The first-order chi connectivity index (χ1) is 16.2. The smallest absolute Gasteiger partial charge is 0.271 e. The Morgan fingerprint density at radius 2 is 1.97 bits per heavy atom. The summed E-state index contributed by atoms with van der Waals surface area (Å²) in [7, 11) is 0. The quantitative estimate of drug-likeness (QED) is 0.392. The molecule has 1 aromatic carbocycles. The molecule has 0 saturated heterocycles. The van der Waals surface area contributed by atoms with Crippen molar-refractivity contribution in [1.29, 1.82) is 0 Å². The van der Waals surface area contributed by atoms with E-state index in [-0.39, 0.29) is 5.91 Å². The molecular weight excluding hydrogens is 420 g/mol. The molecule has 0 aliphatic rings. The molecule has 0 aliphatic heterocycles. The fourth-order valence-corrected chi connectivity index (χ4v) is 3.15. The Labute approximate surface area is 191 Å². The van der Waals surface area contributed by atoms with E-state index >= 15 is 0 Å². The summed E-state index contributed by atoms with van der Waals surface area (Å²) in [5.74, 6) is 2.26. The van der Waals surface area contributed by atoms with Gasteiger partial charge in [-0.05, 0) is 42.7 Å². The van der Waals surface area contributed by atoms with Gasteiger partial charge in [0.05, 0.1) is 6.61 Å². The van der Waals surface area contributed by atoms with Crippen LogP contribution in [0.1, 0.15) is 48.6 Å². The van der Waals surface area contributed by atoms with Crippen LogP contribution in [-0.4, -0.2) is 37.2 Å². The molecule has 33 heavy (non-hydrogen) atoms. The van der Waals surface area contributed by atoms with Crippen LogP contribution in [0.2, 0.25) is 0 Å². The van der Waals surface area contributed by atoms with Crippen LogP contribution >= 0.6 is 0 Å². The zero-order valence-corrected chi connectivity index (χ0v) is 18.7. The Kier molecular flexibility index (Phi) is 7.09. The summed E-state index contributed by atoms with van der Waals surface area (Å²) >= 11 is 0. The molecular formula is C24H26N6O3. The van der Waals surface area contributed by atoms with E-state index in [0.717, 1.165) is 36.1 Å². The first-order valence-corrected chi connectivity index (χ1v) is 11.0. The van der Waals surface area contributed by atoms with E-state index in [1.807, 2.05) is 30.3 Å². The number of aromatic nitrogens is 5. The Balaban J connectivity index is 1.39. The van der Waals surface area contributed by atoms with E-state index in [1.54, 1.807) is 29.4 Å². The maximum absolute atomic E-state index is 12.6. The SMILES string of the molecule is CCCOc1ccc(CNC(=O)c2cn(-c3cc(-c4nc(CCC)no4)ccn3)cn2)cc1. The van der Waals surface area contributed by atoms with E-state index in [2.05, 4.69) is 39.3 Å². The van der Waals surface area contributed by atoms with Crippen molar-refractivity contribution in [2.75, 3.05) is 6.61 Å². The molecule has 9 nitrogen and oxygen atoms in total. The molecule has 0 aliphatic carbocycles. The number of benzene rings is 1. The molecule has 1 N–H and O–H groups in total. The van der Waals surface area contributed by atoms with Crippen LogP contribution in [0.15, 0.2) is 59.6 Å². The van der Waals surface area contributed by atoms with Crippen LogP contribution in [0.25, 0.3) is 17.3 Å². The molecule has 0 atom stereocenters. The van der Waals surface area contributed by atoms with Gasteiger partial charge in [-0.15, -0.1) is 0 Å². The van der Waals surface area contributed by atoms with Crippen molar-refractivity contribution in [3.05, 3.63) is 72.2 Å². The maximum Gasteiger partial charge on any atom is 0.271 e. The van der Waals surface area contributed by atoms with Crippen molar-refractivity contribution in [3.63, 3.8) is 0 Å². The van der Waals surface area contributed by atoms with Crippen LogP contribution in [0, 0.1) is 0 Å². The molecule has 3 aromatic heterocycles. The monoisotopic (exact) mass is 446 g/mol. The molecule has 3 heterocycles. The molecule has 1 amide bonds. The number of amides is 1. The molecule has 0 unspecified atom stereocenters. The van der Waals surface area contributed by atoms with E-state index in [4.69, 9.17) is 9.26 Å². The zero-order valence-electron chi connectivity index (χ0n) is 18.7. The highest BCUT2D eigenvalue weighted by Crippen LogP contribution is 2.19. The van der Waals surface area contributed by atoms with Gasteiger partial charge in [0.1, 0.15) is 23.6 Å². The number of rotatable bonds is 10. The Morgan fingerprint density at radius 1 is 1.12 bits per heavy atom. The first-order valence-electron chi connectivity index (χ1n) is 11.0. The first kappa shape index (κ1) is 22.2. The summed E-state index contributed by atoms with van der Waals surface area (Å²) < 4.78 is 12.6. The number of hydrogen-bond donors (Lipinski definition) is 1. The average molecular weight is 447 g/mol. The van der Waals surface area contributed by atoms with Gasteiger partial charge in [0.25, 0.3) is 11.8 Å². The van der Waals surface area contributed by atoms with Crippen molar-refractivity contribution >= 4 is 5.91 Å². The summed E-state index contributed by atoms with van der Waals surface area (Å²) in [4.78, 5) is 25.6. The largest absolute Gasteiger partial charge is 0.494 e. The Bertz CT molecular complexity index is 1200. The third-order valence-corrected chi connectivity index (χ3v) is 4.86. The van der Waals surface area contributed by atoms with Crippen molar-refractivity contribution < 1.29 is 14.1 Å². The van der Waals surface area contributed by atoms with E-state index in [0.29, 0.717) is 36.4 Å². The molecule has 170 valence electrons. The molecule has 9 heteroatoms. The van der Waals surface area contributed by atoms with Gasteiger partial charge in [0, 0.05) is 30.9 Å². The van der Waals surface area contributed by atoms with E-state index in [9.17, 15) is 4.79 Å². The summed E-state index contributed by atoms with van der Waals surface area (Å²) in [5.41, 5.74) is 2.03. The standard InChI is InChI=1S/C24H26N6O3/c1-3-5-21-28-24(33-29-21)18-10-11-25-22(13-18)30-15-20(27-16-30)23(31)26-14-17-6-8-19(9-7-17)32-12-4-2/h6-11,13,15-16H,3-5,12,14H2,1-2H3,(H,26,31). The minimum absolute atomic E-state index is 0.266. The van der Waals surface area contributed by atoms with Gasteiger partial charge >= 0.3 is 0 Å². The van der Waals surface area contributed by atoms with Gasteiger partial charge in [0.2, 0.25) is 0 Å². The molecule has 4 rings (SSSR count). The fourth-order valence-electron chi connectivity index (χ4n) is 3.15. The minimum Gasteiger partial charge on any atom is -0.494 e. The lowest BCUT2D eigenvalue weighted by molar-refractivity contribution is 0.0946. The summed E-state index contributed by atoms with van der Waals surface area (Å²) in [6, 6.07) is 11.3.